The number of aliphatic hydroxyl groups is 1. The van der Waals surface area contributed by atoms with Crippen LogP contribution in [0.2, 0.25) is 0 Å². The Morgan fingerprint density at radius 2 is 1.93 bits per heavy atom. The lowest BCUT2D eigenvalue weighted by Gasteiger charge is -2.26. The highest BCUT2D eigenvalue weighted by Crippen LogP contribution is 2.65. The summed E-state index contributed by atoms with van der Waals surface area (Å²) in [5.74, 6) is -1.53. The number of hydrogen-bond donors (Lipinski definition) is 3. The topological polar surface area (TPSA) is 89.9 Å². The molecule has 0 saturated heterocycles. The minimum atomic E-state index is -1.14. The summed E-state index contributed by atoms with van der Waals surface area (Å²) in [5.41, 5.74) is 1.69. The minimum absolute atomic E-state index is 0.00332. The highest BCUT2D eigenvalue weighted by molar-refractivity contribution is 5.95. The highest BCUT2D eigenvalue weighted by atomic mass is 19.1. The zero-order valence-electron chi connectivity index (χ0n) is 16.7. The molecule has 1 atom stereocenters. The number of nitrogens with zero attached hydrogens (tertiary/aromatic N) is 1. The molecule has 154 valence electrons. The first-order valence-electron chi connectivity index (χ1n) is 9.40. The number of anilines is 3. The first-order valence-corrected chi connectivity index (χ1v) is 9.40. The SMILES string of the molecule is CC1(C)C[C@@]1(C)c1cc(F)ccc1N(C=O)c1cc(NCCO)cc(C(=O)O)c1. The van der Waals surface area contributed by atoms with Gasteiger partial charge >= 0.3 is 5.97 Å². The number of carboxylic acid groups (broad SMARTS) is 1. The molecule has 29 heavy (non-hydrogen) atoms. The molecule has 2 aromatic carbocycles. The van der Waals surface area contributed by atoms with Gasteiger partial charge in [0.25, 0.3) is 0 Å². The highest BCUT2D eigenvalue weighted by Gasteiger charge is 2.59. The molecule has 1 saturated carbocycles. The molecule has 7 heteroatoms. The molecule has 0 unspecified atom stereocenters. The Labute approximate surface area is 169 Å². The van der Waals surface area contributed by atoms with E-state index in [0.717, 1.165) is 6.42 Å². The number of amides is 1. The van der Waals surface area contributed by atoms with Crippen LogP contribution >= 0.6 is 0 Å². The largest absolute Gasteiger partial charge is 0.478 e. The fourth-order valence-corrected chi connectivity index (χ4v) is 3.89. The van der Waals surface area contributed by atoms with Crippen molar-refractivity contribution in [2.45, 2.75) is 32.6 Å². The monoisotopic (exact) mass is 400 g/mol. The van der Waals surface area contributed by atoms with Crippen molar-refractivity contribution in [3.05, 3.63) is 53.3 Å². The van der Waals surface area contributed by atoms with Crippen molar-refractivity contribution >= 4 is 29.4 Å². The van der Waals surface area contributed by atoms with Gasteiger partial charge in [0.1, 0.15) is 5.82 Å². The average Bonchev–Trinajstić information content (AvgIpc) is 3.20. The molecule has 1 aliphatic carbocycles. The van der Waals surface area contributed by atoms with Crippen molar-refractivity contribution in [3.63, 3.8) is 0 Å². The van der Waals surface area contributed by atoms with Crippen molar-refractivity contribution < 1.29 is 24.2 Å². The summed E-state index contributed by atoms with van der Waals surface area (Å²) in [4.78, 5) is 25.0. The van der Waals surface area contributed by atoms with Crippen LogP contribution in [0.1, 0.15) is 43.1 Å². The Hall–Kier alpha value is -2.93. The smallest absolute Gasteiger partial charge is 0.335 e. The van der Waals surface area contributed by atoms with Crippen molar-refractivity contribution in [1.29, 1.82) is 0 Å². The Kier molecular flexibility index (Phi) is 5.36. The van der Waals surface area contributed by atoms with Gasteiger partial charge in [0.2, 0.25) is 6.41 Å². The van der Waals surface area contributed by atoms with Crippen LogP contribution in [0.3, 0.4) is 0 Å². The second-order valence-electron chi connectivity index (χ2n) is 8.25. The fraction of sp³-hybridized carbons (Fsp3) is 0.364. The molecular formula is C22H25FN2O4. The zero-order chi connectivity index (χ0) is 21.4. The molecule has 0 aliphatic heterocycles. The molecule has 0 radical (unpaired) electrons. The third kappa shape index (κ3) is 3.82. The molecular weight excluding hydrogens is 375 g/mol. The number of nitrogens with one attached hydrogen (secondary N) is 1. The van der Waals surface area contributed by atoms with Crippen LogP contribution in [0.25, 0.3) is 0 Å². The van der Waals surface area contributed by atoms with Gasteiger partial charge in [0.15, 0.2) is 0 Å². The van der Waals surface area contributed by atoms with E-state index in [-0.39, 0.29) is 35.4 Å². The van der Waals surface area contributed by atoms with E-state index in [1.165, 1.54) is 29.2 Å². The van der Waals surface area contributed by atoms with Gasteiger partial charge in [0, 0.05) is 17.6 Å². The van der Waals surface area contributed by atoms with Gasteiger partial charge in [-0.1, -0.05) is 20.8 Å². The maximum absolute atomic E-state index is 14.1. The molecule has 0 heterocycles. The third-order valence-corrected chi connectivity index (χ3v) is 5.97. The summed E-state index contributed by atoms with van der Waals surface area (Å²) >= 11 is 0. The third-order valence-electron chi connectivity index (χ3n) is 5.97. The number of carboxylic acids is 1. The number of aromatic carboxylic acids is 1. The van der Waals surface area contributed by atoms with E-state index in [9.17, 15) is 19.1 Å². The second kappa shape index (κ2) is 7.48. The number of carbonyl (C=O) groups is 2. The van der Waals surface area contributed by atoms with E-state index in [1.807, 2.05) is 6.92 Å². The van der Waals surface area contributed by atoms with Crippen LogP contribution in [0.4, 0.5) is 21.5 Å². The van der Waals surface area contributed by atoms with Gasteiger partial charge in [-0.15, -0.1) is 0 Å². The summed E-state index contributed by atoms with van der Waals surface area (Å²) < 4.78 is 14.1. The summed E-state index contributed by atoms with van der Waals surface area (Å²) in [6.07, 6.45) is 1.45. The predicted molar refractivity (Wildman–Crippen MR) is 109 cm³/mol. The van der Waals surface area contributed by atoms with E-state index < -0.39 is 5.97 Å². The lowest BCUT2D eigenvalue weighted by atomic mass is 9.88. The van der Waals surface area contributed by atoms with Crippen LogP contribution in [0.15, 0.2) is 36.4 Å². The van der Waals surface area contributed by atoms with Crippen molar-refractivity contribution in [1.82, 2.24) is 0 Å². The Morgan fingerprint density at radius 3 is 2.48 bits per heavy atom. The number of benzene rings is 2. The van der Waals surface area contributed by atoms with E-state index in [2.05, 4.69) is 19.2 Å². The Morgan fingerprint density at radius 1 is 1.24 bits per heavy atom. The van der Waals surface area contributed by atoms with Gasteiger partial charge < -0.3 is 15.5 Å². The molecule has 0 spiro atoms. The van der Waals surface area contributed by atoms with Crippen LogP contribution in [-0.2, 0) is 10.2 Å². The van der Waals surface area contributed by atoms with Crippen LogP contribution < -0.4 is 10.2 Å². The number of aliphatic hydroxyl groups excluding tert-OH is 1. The molecule has 3 N–H and O–H groups in total. The maximum Gasteiger partial charge on any atom is 0.335 e. The molecule has 1 fully saturated rings. The van der Waals surface area contributed by atoms with Gasteiger partial charge in [-0.25, -0.2) is 9.18 Å². The minimum Gasteiger partial charge on any atom is -0.478 e. The number of hydrogen-bond acceptors (Lipinski definition) is 4. The summed E-state index contributed by atoms with van der Waals surface area (Å²) in [5, 5.41) is 21.4. The van der Waals surface area contributed by atoms with Crippen molar-refractivity contribution in [2.24, 2.45) is 5.41 Å². The molecule has 6 nitrogen and oxygen atoms in total. The number of rotatable bonds is 8. The zero-order valence-corrected chi connectivity index (χ0v) is 16.7. The number of halogens is 1. The molecule has 0 bridgehead atoms. The normalized spacial score (nSPS) is 19.5. The summed E-state index contributed by atoms with van der Waals surface area (Å²) in [6.45, 7) is 6.33. The van der Waals surface area contributed by atoms with Crippen molar-refractivity contribution in [2.75, 3.05) is 23.4 Å². The summed E-state index contributed by atoms with van der Waals surface area (Å²) in [7, 11) is 0. The average molecular weight is 400 g/mol. The molecule has 3 rings (SSSR count). The van der Waals surface area contributed by atoms with Crippen molar-refractivity contribution in [3.8, 4) is 0 Å². The maximum atomic E-state index is 14.1. The standard InChI is InChI=1S/C22H25FN2O4/c1-21(2)12-22(21,3)18-10-15(23)4-5-19(18)25(13-27)17-9-14(20(28)29)8-16(11-17)24-6-7-26/h4-5,8-11,13,24,26H,6-7,12H2,1-3H3,(H,28,29)/t22-/m0/s1. The molecule has 1 aliphatic rings. The van der Waals surface area contributed by atoms with E-state index in [0.29, 0.717) is 29.0 Å². The van der Waals surface area contributed by atoms with E-state index in [4.69, 9.17) is 5.11 Å². The number of carbonyl (C=O) groups excluding carboxylic acids is 1. The lowest BCUT2D eigenvalue weighted by Crippen LogP contribution is -2.21. The van der Waals surface area contributed by atoms with Gasteiger partial charge in [0.05, 0.1) is 23.5 Å². The first kappa shape index (κ1) is 20.8. The quantitative estimate of drug-likeness (QED) is 0.585. The van der Waals surface area contributed by atoms with E-state index >= 15 is 0 Å². The Balaban J connectivity index is 2.13. The fourth-order valence-electron chi connectivity index (χ4n) is 3.89. The van der Waals surface area contributed by atoms with Crippen LogP contribution in [0, 0.1) is 11.2 Å². The van der Waals surface area contributed by atoms with Gasteiger partial charge in [-0.3, -0.25) is 9.69 Å². The molecule has 0 aromatic heterocycles. The molecule has 1 amide bonds. The van der Waals surface area contributed by atoms with Crippen LogP contribution in [-0.4, -0.2) is 35.7 Å². The molecule has 2 aromatic rings. The summed E-state index contributed by atoms with van der Waals surface area (Å²) in [6, 6.07) is 8.75. The first-order chi connectivity index (χ1) is 13.6. The van der Waals surface area contributed by atoms with Gasteiger partial charge in [-0.05, 0) is 53.8 Å². The van der Waals surface area contributed by atoms with Gasteiger partial charge in [-0.2, -0.15) is 0 Å². The van der Waals surface area contributed by atoms with Crippen LogP contribution in [0.5, 0.6) is 0 Å². The Bertz CT molecular complexity index is 960. The second-order valence-corrected chi connectivity index (χ2v) is 8.25. The predicted octanol–water partition coefficient (Wildman–Crippen LogP) is 3.91. The lowest BCUT2D eigenvalue weighted by molar-refractivity contribution is -0.106. The van der Waals surface area contributed by atoms with E-state index in [1.54, 1.807) is 12.1 Å².